The van der Waals surface area contributed by atoms with E-state index in [0.717, 1.165) is 115 Å². The number of amides is 7. The number of aromatic nitrogens is 10. The van der Waals surface area contributed by atoms with Crippen LogP contribution in [-0.2, 0) is 66.3 Å². The van der Waals surface area contributed by atoms with Gasteiger partial charge in [-0.25, -0.2) is 34.5 Å². The predicted molar refractivity (Wildman–Crippen MR) is 502 cm³/mol. The lowest BCUT2D eigenvalue weighted by molar-refractivity contribution is -0.349. The minimum atomic E-state index is -0.603. The van der Waals surface area contributed by atoms with Gasteiger partial charge < -0.3 is 89.8 Å². The number of esters is 1. The summed E-state index contributed by atoms with van der Waals surface area (Å²) in [5.41, 5.74) is 22.0. The number of hydrogen-bond donors (Lipinski definition) is 8. The predicted octanol–water partition coefficient (Wildman–Crippen LogP) is 12.7. The van der Waals surface area contributed by atoms with Gasteiger partial charge in [-0.15, -0.1) is 0 Å². The highest BCUT2D eigenvalue weighted by Gasteiger charge is 2.32. The van der Waals surface area contributed by atoms with Crippen molar-refractivity contribution in [2.45, 2.75) is 116 Å². The molecule has 32 heteroatoms. The molecule has 12 heterocycles. The standard InChI is InChI=1S/C23H26N4O3.C21H16N4O3.C20H27N5O2.C18H18N4O.C18H15N3O3/c1-23(2,3)30-22(29)26-18(14-15-8-5-4-6-9-15)20-25-17-11-7-10-16-19(17)27(20)13-12-24-21(16)28;1-24(27)14-5-2-4-13(12-14)17-8-9-18(28-17)20-23-16-7-3-6-15-19(16)25(20)11-10-22-21(15)26;26-18(21-9-13-24-11-2-1-3-12-24)8-7-17-23-16-6-4-5-15-19(16)25(17)14-10-22-20(15)27;19-14(11-12-5-2-1-3-6-12)17-21-15-8-4-7-13-16(15)22(17)10-9-20-18(13)23;1-24-18(23)12-7-5-11(6-8-12)16-20-14-4-2-3-13-15(14)21(16)10-9-19-17(13)22/h4-11,18H,12-14H2,1-3H3,(H,24,28)(H,26,29);2-9,12H,1,10-11H2,(H,22,26);4-6H,1-3,7-14H2,(H,21,26)(H,22,27);1-8,14H,9-11,19H2,(H,20,23);2-8H,9-10H2,1H3,(H,19,22)/t18-;;;;/m1..../s1. The zero-order valence-electron chi connectivity index (χ0n) is 73.8. The molecule has 132 heavy (non-hydrogen) atoms. The smallest absolute Gasteiger partial charge is 0.408 e. The number of aryl methyl sites for hydroxylation is 1. The summed E-state index contributed by atoms with van der Waals surface area (Å²) in [6, 6.07) is 65.2. The maximum atomic E-state index is 12.6. The first-order valence-electron chi connectivity index (χ1n) is 44.4. The van der Waals surface area contributed by atoms with Crippen LogP contribution in [-0.4, -0.2) is 183 Å². The van der Waals surface area contributed by atoms with Crippen LogP contribution in [0.15, 0.2) is 217 Å². The molecule has 9 aromatic carbocycles. The van der Waals surface area contributed by atoms with Crippen LogP contribution in [0, 0.1) is 5.21 Å². The first kappa shape index (κ1) is 88.6. The second-order valence-electron chi connectivity index (χ2n) is 33.8. The second-order valence-corrected chi connectivity index (χ2v) is 33.8. The van der Waals surface area contributed by atoms with Crippen LogP contribution in [0.4, 0.5) is 10.5 Å². The summed E-state index contributed by atoms with van der Waals surface area (Å²) >= 11 is 0. The Hall–Kier alpha value is -15.4. The van der Waals surface area contributed by atoms with E-state index in [1.807, 2.05) is 188 Å². The molecule has 1 fully saturated rings. The summed E-state index contributed by atoms with van der Waals surface area (Å²) in [6.07, 6.45) is 5.64. The SMILES string of the molecule is C=[N+]([O-])c1cccc(-c2ccc(-c3nc4cccc5c4n3CCNC5=O)o2)c1.CC(C)(C)OC(=O)N[C@H](Cc1ccccc1)c1nc2cccc3c2n1CCNC3=O.COC(=O)c1ccc(-c2nc3cccc4c3n2CCNC4=O)cc1.NC(Cc1ccccc1)c1nc2cccc3c2n1CCNC3=O.O=C(CCc1nc2cccc3c2n1CCNC3=O)NCCN1CCCCC1. The number of ether oxygens (including phenoxy) is 2. The van der Waals surface area contributed by atoms with Crippen LogP contribution in [0.2, 0.25) is 0 Å². The number of benzene rings is 9. The van der Waals surface area contributed by atoms with E-state index in [0.29, 0.717) is 158 Å². The number of methoxy groups -OCH3 is 1. The average molecular weight is 1780 g/mol. The van der Waals surface area contributed by atoms with Crippen molar-refractivity contribution in [3.05, 3.63) is 280 Å². The fraction of sp³-hybridized carbons (Fsp3) is 0.280. The molecule has 0 saturated carbocycles. The Bertz CT molecular complexity index is 6890. The summed E-state index contributed by atoms with van der Waals surface area (Å²) in [5, 5.41) is 32.1. The monoisotopic (exact) mass is 1770 g/mol. The quantitative estimate of drug-likeness (QED) is 0.0130. The molecular formula is C100H102N20O12. The first-order chi connectivity index (χ1) is 64.1. The molecule has 0 spiro atoms. The molecule has 0 aliphatic carbocycles. The molecule has 6 aliphatic rings. The van der Waals surface area contributed by atoms with Gasteiger partial charge in [0.25, 0.3) is 29.5 Å². The Morgan fingerprint density at radius 2 is 0.939 bits per heavy atom. The van der Waals surface area contributed by atoms with Gasteiger partial charge in [0.05, 0.1) is 108 Å². The maximum Gasteiger partial charge on any atom is 0.408 e. The van der Waals surface area contributed by atoms with Gasteiger partial charge in [0, 0.05) is 121 Å². The number of rotatable bonds is 18. The molecule has 0 radical (unpaired) electrons. The van der Waals surface area contributed by atoms with Crippen LogP contribution in [0.3, 0.4) is 0 Å². The molecule has 32 nitrogen and oxygen atoms in total. The van der Waals surface area contributed by atoms with Crippen LogP contribution in [0.5, 0.6) is 0 Å². The van der Waals surface area contributed by atoms with Gasteiger partial charge in [0.2, 0.25) is 11.6 Å². The summed E-state index contributed by atoms with van der Waals surface area (Å²) in [4.78, 5) is 124. The van der Waals surface area contributed by atoms with Gasteiger partial charge in [-0.1, -0.05) is 122 Å². The van der Waals surface area contributed by atoms with E-state index in [1.165, 1.54) is 31.9 Å². The number of piperidine rings is 1. The molecule has 15 aromatic rings. The molecule has 6 aromatic heterocycles. The molecule has 6 aliphatic heterocycles. The van der Waals surface area contributed by atoms with E-state index in [4.69, 9.17) is 39.6 Å². The van der Waals surface area contributed by atoms with Gasteiger partial charge >= 0.3 is 12.1 Å². The third-order valence-electron chi connectivity index (χ3n) is 23.8. The van der Waals surface area contributed by atoms with Gasteiger partial charge in [-0.3, -0.25) is 28.8 Å². The minimum absolute atomic E-state index is 0.0440. The van der Waals surface area contributed by atoms with Crippen LogP contribution < -0.4 is 43.0 Å². The third kappa shape index (κ3) is 19.5. The molecule has 674 valence electrons. The third-order valence-corrected chi connectivity index (χ3v) is 23.8. The van der Waals surface area contributed by atoms with Crippen molar-refractivity contribution in [3.8, 4) is 34.3 Å². The molecule has 1 unspecified atom stereocenters. The van der Waals surface area contributed by atoms with Crippen molar-refractivity contribution in [3.63, 3.8) is 0 Å². The number of carbonyl (C=O) groups excluding carboxylic acids is 8. The van der Waals surface area contributed by atoms with Crippen LogP contribution >= 0.6 is 0 Å². The van der Waals surface area contributed by atoms with Crippen molar-refractivity contribution >= 4 is 115 Å². The van der Waals surface area contributed by atoms with Crippen molar-refractivity contribution in [2.24, 2.45) is 5.73 Å². The number of nitrogens with one attached hydrogen (secondary N) is 7. The summed E-state index contributed by atoms with van der Waals surface area (Å²) in [6.45, 7) is 18.7. The Labute approximate surface area is 759 Å². The lowest BCUT2D eigenvalue weighted by atomic mass is 10.1. The van der Waals surface area contributed by atoms with Crippen molar-refractivity contribution < 1.29 is 57.0 Å². The number of nitrogens with zero attached hydrogens (tertiary/aromatic N) is 12. The fourth-order valence-corrected chi connectivity index (χ4v) is 17.7. The van der Waals surface area contributed by atoms with E-state index in [2.05, 4.69) is 79.7 Å². The van der Waals surface area contributed by atoms with Gasteiger partial charge in [0.1, 0.15) is 41.4 Å². The van der Waals surface area contributed by atoms with Crippen LogP contribution in [0.25, 0.3) is 89.5 Å². The highest BCUT2D eigenvalue weighted by molar-refractivity contribution is 6.09. The minimum Gasteiger partial charge on any atom is -0.619 e. The first-order valence-corrected chi connectivity index (χ1v) is 44.4. The number of hydrogen-bond acceptors (Lipinski definition) is 19. The number of para-hydroxylation sites is 5. The number of nitrogens with two attached hydrogens (primary N) is 1. The zero-order chi connectivity index (χ0) is 91.7. The van der Waals surface area contributed by atoms with E-state index in [-0.39, 0.29) is 47.5 Å². The normalized spacial score (nSPS) is 14.9. The van der Waals surface area contributed by atoms with Crippen molar-refractivity contribution in [1.29, 1.82) is 0 Å². The Kier molecular flexibility index (Phi) is 26.3. The Morgan fingerprint density at radius 1 is 0.492 bits per heavy atom. The number of furan rings is 1. The second kappa shape index (κ2) is 39.3. The van der Waals surface area contributed by atoms with Crippen molar-refractivity contribution in [1.82, 2.24) is 89.9 Å². The van der Waals surface area contributed by atoms with Gasteiger partial charge in [0.15, 0.2) is 11.6 Å². The summed E-state index contributed by atoms with van der Waals surface area (Å²) < 4.78 is 27.1. The number of alkyl carbamates (subject to hydrolysis) is 1. The summed E-state index contributed by atoms with van der Waals surface area (Å²) in [5.74, 6) is 4.43. The number of likely N-dealkylation sites (tertiary alicyclic amines) is 1. The number of carbonyl (C=O) groups is 8. The Morgan fingerprint density at radius 3 is 1.46 bits per heavy atom. The van der Waals surface area contributed by atoms with Crippen LogP contribution in [0.1, 0.15) is 149 Å². The fourth-order valence-electron chi connectivity index (χ4n) is 17.7. The van der Waals surface area contributed by atoms with Gasteiger partial charge in [-0.05, 0) is 149 Å². The summed E-state index contributed by atoms with van der Waals surface area (Å²) in [7, 11) is 1.36. The zero-order valence-corrected chi connectivity index (χ0v) is 73.8. The maximum absolute atomic E-state index is 12.6. The van der Waals surface area contributed by atoms with E-state index in [1.54, 1.807) is 42.5 Å². The molecule has 7 amide bonds. The molecular weight excluding hydrogens is 1670 g/mol. The molecule has 2 atom stereocenters. The molecule has 21 rings (SSSR count). The number of imidazole rings is 5. The highest BCUT2D eigenvalue weighted by atomic mass is 16.6. The Balaban J connectivity index is 0.000000116. The molecule has 9 N–H and O–H groups in total. The molecule has 1 saturated heterocycles. The van der Waals surface area contributed by atoms with Gasteiger partial charge in [-0.2, -0.15) is 4.74 Å². The lowest BCUT2D eigenvalue weighted by Gasteiger charge is -2.26. The van der Waals surface area contributed by atoms with Crippen molar-refractivity contribution in [2.75, 3.05) is 66.0 Å². The largest absolute Gasteiger partial charge is 0.619 e. The average Bonchev–Trinajstić information content (AvgIpc) is 1.60. The molecule has 0 bridgehead atoms. The lowest BCUT2D eigenvalue weighted by Crippen LogP contribution is -2.37. The van der Waals surface area contributed by atoms with E-state index in [9.17, 15) is 43.6 Å². The van der Waals surface area contributed by atoms with E-state index < -0.39 is 17.7 Å². The van der Waals surface area contributed by atoms with E-state index >= 15 is 0 Å². The topological polar surface area (TPSA) is 397 Å². The highest BCUT2D eigenvalue weighted by Crippen LogP contribution is 2.36.